The molecule has 2 aromatic carbocycles. The first-order chi connectivity index (χ1) is 13.8. The Morgan fingerprint density at radius 1 is 1.07 bits per heavy atom. The highest BCUT2D eigenvalue weighted by atomic mass is 32.2. The lowest BCUT2D eigenvalue weighted by molar-refractivity contribution is -0.124. The van der Waals surface area contributed by atoms with Gasteiger partial charge in [0.05, 0.1) is 4.90 Å². The van der Waals surface area contributed by atoms with Crippen LogP contribution in [0, 0.1) is 20.8 Å². The molecule has 1 fully saturated rings. The van der Waals surface area contributed by atoms with E-state index in [1.54, 1.807) is 24.3 Å². The summed E-state index contributed by atoms with van der Waals surface area (Å²) in [5.41, 5.74) is 3.16. The molecule has 0 aromatic heterocycles. The lowest BCUT2D eigenvalue weighted by Gasteiger charge is -2.31. The van der Waals surface area contributed by atoms with Gasteiger partial charge in [-0.1, -0.05) is 29.8 Å². The number of nitrogens with zero attached hydrogens (tertiary/aromatic N) is 1. The van der Waals surface area contributed by atoms with Crippen molar-refractivity contribution in [3.8, 4) is 5.75 Å². The Morgan fingerprint density at radius 2 is 1.72 bits per heavy atom. The highest BCUT2D eigenvalue weighted by molar-refractivity contribution is 7.89. The second kappa shape index (κ2) is 8.97. The van der Waals surface area contributed by atoms with E-state index in [2.05, 4.69) is 5.32 Å². The maximum Gasteiger partial charge on any atom is 0.258 e. The van der Waals surface area contributed by atoms with Gasteiger partial charge in [-0.3, -0.25) is 4.79 Å². The van der Waals surface area contributed by atoms with Crippen molar-refractivity contribution in [1.29, 1.82) is 0 Å². The zero-order valence-corrected chi connectivity index (χ0v) is 18.0. The van der Waals surface area contributed by atoms with Gasteiger partial charge in [0, 0.05) is 19.1 Å². The van der Waals surface area contributed by atoms with Crippen LogP contribution in [0.1, 0.15) is 29.5 Å². The van der Waals surface area contributed by atoms with Crippen molar-refractivity contribution in [2.75, 3.05) is 19.7 Å². The van der Waals surface area contributed by atoms with Gasteiger partial charge in [0.1, 0.15) is 5.75 Å². The van der Waals surface area contributed by atoms with Gasteiger partial charge in [-0.2, -0.15) is 4.31 Å². The Balaban J connectivity index is 1.50. The van der Waals surface area contributed by atoms with Crippen molar-refractivity contribution in [3.63, 3.8) is 0 Å². The fourth-order valence-electron chi connectivity index (χ4n) is 3.39. The number of carbonyl (C=O) groups excluding carboxylic acids is 1. The summed E-state index contributed by atoms with van der Waals surface area (Å²) in [4.78, 5) is 12.6. The summed E-state index contributed by atoms with van der Waals surface area (Å²) < 4.78 is 32.7. The second-order valence-electron chi connectivity index (χ2n) is 7.55. The average molecular weight is 417 g/mol. The van der Waals surface area contributed by atoms with Crippen LogP contribution in [0.15, 0.2) is 47.4 Å². The lowest BCUT2D eigenvalue weighted by Crippen LogP contribution is -2.47. The number of piperidine rings is 1. The molecule has 1 aliphatic heterocycles. The van der Waals surface area contributed by atoms with Crippen LogP contribution in [-0.4, -0.2) is 44.4 Å². The van der Waals surface area contributed by atoms with Crippen LogP contribution >= 0.6 is 0 Å². The molecule has 6 nitrogen and oxygen atoms in total. The average Bonchev–Trinajstić information content (AvgIpc) is 2.70. The van der Waals surface area contributed by atoms with Crippen LogP contribution in [0.2, 0.25) is 0 Å². The molecule has 1 saturated heterocycles. The molecule has 2 aromatic rings. The van der Waals surface area contributed by atoms with E-state index in [1.165, 1.54) is 4.31 Å². The van der Waals surface area contributed by atoms with Crippen molar-refractivity contribution in [3.05, 3.63) is 59.2 Å². The fourth-order valence-corrected chi connectivity index (χ4v) is 4.86. The normalized spacial score (nSPS) is 15.8. The SMILES string of the molecule is Cc1ccc(S(=O)(=O)N2CCC(NC(=O)COc3cccc(C)c3C)CC2)cc1. The molecule has 0 spiro atoms. The highest BCUT2D eigenvalue weighted by Crippen LogP contribution is 2.22. The first-order valence-corrected chi connectivity index (χ1v) is 11.3. The Bertz CT molecular complexity index is 963. The molecule has 1 heterocycles. The standard InChI is InChI=1S/C22H28N2O4S/c1-16-7-9-20(10-8-16)29(26,27)24-13-11-19(12-14-24)23-22(25)15-28-21-6-4-5-17(2)18(21)3/h4-10,19H,11-15H2,1-3H3,(H,23,25). The minimum absolute atomic E-state index is 0.0471. The summed E-state index contributed by atoms with van der Waals surface area (Å²) in [5, 5.41) is 2.96. The number of ether oxygens (including phenoxy) is 1. The molecule has 0 aliphatic carbocycles. The monoisotopic (exact) mass is 416 g/mol. The molecular weight excluding hydrogens is 388 g/mol. The summed E-state index contributed by atoms with van der Waals surface area (Å²) >= 11 is 0. The number of hydrogen-bond acceptors (Lipinski definition) is 4. The van der Waals surface area contributed by atoms with E-state index in [1.807, 2.05) is 39.0 Å². The minimum atomic E-state index is -3.49. The van der Waals surface area contributed by atoms with E-state index in [-0.39, 0.29) is 18.6 Å². The maximum atomic E-state index is 12.8. The zero-order valence-electron chi connectivity index (χ0n) is 17.1. The van der Waals surface area contributed by atoms with Gasteiger partial charge in [-0.05, 0) is 62.9 Å². The van der Waals surface area contributed by atoms with Crippen molar-refractivity contribution in [1.82, 2.24) is 9.62 Å². The predicted molar refractivity (Wildman–Crippen MR) is 113 cm³/mol. The quantitative estimate of drug-likeness (QED) is 0.786. The van der Waals surface area contributed by atoms with Gasteiger partial charge in [-0.25, -0.2) is 8.42 Å². The molecule has 7 heteroatoms. The number of benzene rings is 2. The molecule has 0 bridgehead atoms. The first kappa shape index (κ1) is 21.3. The van der Waals surface area contributed by atoms with Gasteiger partial charge < -0.3 is 10.1 Å². The lowest BCUT2D eigenvalue weighted by atomic mass is 10.1. The molecule has 1 amide bonds. The van der Waals surface area contributed by atoms with Crippen LogP contribution < -0.4 is 10.1 Å². The summed E-state index contributed by atoms with van der Waals surface area (Å²) in [5.74, 6) is 0.518. The summed E-state index contributed by atoms with van der Waals surface area (Å²) in [6, 6.07) is 12.6. The van der Waals surface area contributed by atoms with Crippen molar-refractivity contribution in [2.45, 2.75) is 44.6 Å². The molecule has 0 radical (unpaired) electrons. The number of rotatable bonds is 6. The van der Waals surface area contributed by atoms with Gasteiger partial charge in [0.15, 0.2) is 6.61 Å². The predicted octanol–water partition coefficient (Wildman–Crippen LogP) is 2.96. The Hall–Kier alpha value is -2.38. The number of amides is 1. The molecule has 0 unspecified atom stereocenters. The van der Waals surface area contributed by atoms with E-state index in [4.69, 9.17) is 4.74 Å². The highest BCUT2D eigenvalue weighted by Gasteiger charge is 2.29. The van der Waals surface area contributed by atoms with Crippen molar-refractivity contribution in [2.24, 2.45) is 0 Å². The summed E-state index contributed by atoms with van der Waals surface area (Å²) in [6.07, 6.45) is 1.17. The molecule has 156 valence electrons. The molecule has 1 N–H and O–H groups in total. The molecule has 1 aliphatic rings. The van der Waals surface area contributed by atoms with E-state index in [9.17, 15) is 13.2 Å². The van der Waals surface area contributed by atoms with E-state index >= 15 is 0 Å². The van der Waals surface area contributed by atoms with Crippen LogP contribution in [-0.2, 0) is 14.8 Å². The Kier molecular flexibility index (Phi) is 6.59. The van der Waals surface area contributed by atoms with Gasteiger partial charge >= 0.3 is 0 Å². The Labute approximate surface area is 172 Å². The van der Waals surface area contributed by atoms with E-state index < -0.39 is 10.0 Å². The Morgan fingerprint density at radius 3 is 2.38 bits per heavy atom. The first-order valence-electron chi connectivity index (χ1n) is 9.82. The van der Waals surface area contributed by atoms with Crippen LogP contribution in [0.25, 0.3) is 0 Å². The molecule has 29 heavy (non-hydrogen) atoms. The number of hydrogen-bond donors (Lipinski definition) is 1. The van der Waals surface area contributed by atoms with E-state index in [0.29, 0.717) is 36.6 Å². The third-order valence-electron chi connectivity index (χ3n) is 5.39. The largest absolute Gasteiger partial charge is 0.483 e. The maximum absolute atomic E-state index is 12.8. The van der Waals surface area contributed by atoms with Crippen LogP contribution in [0.3, 0.4) is 0 Å². The van der Waals surface area contributed by atoms with Gasteiger partial charge in [-0.15, -0.1) is 0 Å². The van der Waals surface area contributed by atoms with Crippen molar-refractivity contribution >= 4 is 15.9 Å². The van der Waals surface area contributed by atoms with Crippen LogP contribution in [0.5, 0.6) is 5.75 Å². The zero-order chi connectivity index (χ0) is 21.0. The van der Waals surface area contributed by atoms with Crippen LogP contribution in [0.4, 0.5) is 0 Å². The van der Waals surface area contributed by atoms with Gasteiger partial charge in [0.2, 0.25) is 10.0 Å². The van der Waals surface area contributed by atoms with E-state index in [0.717, 1.165) is 16.7 Å². The second-order valence-corrected chi connectivity index (χ2v) is 9.48. The summed E-state index contributed by atoms with van der Waals surface area (Å²) in [7, 11) is -3.49. The molecule has 0 atom stereocenters. The topological polar surface area (TPSA) is 75.7 Å². The minimum Gasteiger partial charge on any atom is -0.483 e. The third kappa shape index (κ3) is 5.16. The third-order valence-corrected chi connectivity index (χ3v) is 7.30. The molecule has 0 saturated carbocycles. The molecular formula is C22H28N2O4S. The number of aryl methyl sites for hydroxylation is 2. The molecule has 3 rings (SSSR count). The number of nitrogens with one attached hydrogen (secondary N) is 1. The van der Waals surface area contributed by atoms with Crippen molar-refractivity contribution < 1.29 is 17.9 Å². The number of sulfonamides is 1. The van der Waals surface area contributed by atoms with Gasteiger partial charge in [0.25, 0.3) is 5.91 Å². The fraction of sp³-hybridized carbons (Fsp3) is 0.409. The summed E-state index contributed by atoms with van der Waals surface area (Å²) in [6.45, 7) is 6.62. The smallest absolute Gasteiger partial charge is 0.258 e. The number of carbonyl (C=O) groups is 1.